The van der Waals surface area contributed by atoms with Gasteiger partial charge in [-0.05, 0) is 21.0 Å². The molecule has 7 heteroatoms. The van der Waals surface area contributed by atoms with Crippen molar-refractivity contribution in [1.82, 2.24) is 19.7 Å². The quantitative estimate of drug-likeness (QED) is 0.869. The van der Waals surface area contributed by atoms with Crippen LogP contribution >= 0.6 is 11.3 Å². The largest absolute Gasteiger partial charge is 0.493 e. The summed E-state index contributed by atoms with van der Waals surface area (Å²) in [5.74, 6) is 0.724. The van der Waals surface area contributed by atoms with Gasteiger partial charge in [0, 0.05) is 17.6 Å². The van der Waals surface area contributed by atoms with Crippen molar-refractivity contribution < 1.29 is 4.74 Å². The van der Waals surface area contributed by atoms with Gasteiger partial charge in [0.1, 0.15) is 5.69 Å². The Morgan fingerprint density at radius 2 is 2.20 bits per heavy atom. The van der Waals surface area contributed by atoms with Gasteiger partial charge in [0.25, 0.3) is 0 Å². The predicted octanol–water partition coefficient (Wildman–Crippen LogP) is 1.27. The van der Waals surface area contributed by atoms with Crippen molar-refractivity contribution in [2.45, 2.75) is 19.5 Å². The van der Waals surface area contributed by atoms with E-state index < -0.39 is 0 Å². The number of hydrogen-bond donors (Lipinski definition) is 1. The Labute approximate surface area is 123 Å². The van der Waals surface area contributed by atoms with E-state index in [0.717, 1.165) is 34.4 Å². The number of likely N-dealkylation sites (N-methyl/N-ethyl adjacent to an activating group) is 1. The van der Waals surface area contributed by atoms with Gasteiger partial charge >= 0.3 is 0 Å². The van der Waals surface area contributed by atoms with E-state index in [9.17, 15) is 0 Å². The second-order valence-electron chi connectivity index (χ2n) is 4.88. The summed E-state index contributed by atoms with van der Waals surface area (Å²) in [4.78, 5) is 7.40. The maximum Gasteiger partial charge on any atom is 0.161 e. The van der Waals surface area contributed by atoms with Crippen LogP contribution in [0.15, 0.2) is 12.4 Å². The Morgan fingerprint density at radius 3 is 2.75 bits per heavy atom. The lowest BCUT2D eigenvalue weighted by atomic mass is 10.2. The molecule has 2 aromatic heterocycles. The summed E-state index contributed by atoms with van der Waals surface area (Å²) in [6, 6.07) is -0.263. The minimum atomic E-state index is -0.263. The molecule has 0 aliphatic rings. The van der Waals surface area contributed by atoms with Gasteiger partial charge in [-0.3, -0.25) is 4.68 Å². The number of hydrogen-bond acceptors (Lipinski definition) is 6. The monoisotopic (exact) mass is 295 g/mol. The molecule has 2 rings (SSSR count). The van der Waals surface area contributed by atoms with Crippen molar-refractivity contribution in [3.63, 3.8) is 0 Å². The smallest absolute Gasteiger partial charge is 0.161 e. The van der Waals surface area contributed by atoms with E-state index in [-0.39, 0.29) is 6.04 Å². The van der Waals surface area contributed by atoms with E-state index in [1.54, 1.807) is 24.6 Å². The lowest BCUT2D eigenvalue weighted by molar-refractivity contribution is 0.363. The number of nitrogens with two attached hydrogens (primary N) is 1. The molecule has 2 N–H and O–H groups in total. The first kappa shape index (κ1) is 15.0. The van der Waals surface area contributed by atoms with Crippen LogP contribution in [0.1, 0.15) is 21.6 Å². The summed E-state index contributed by atoms with van der Waals surface area (Å²) in [7, 11) is 5.71. The molecule has 0 aromatic carbocycles. The van der Waals surface area contributed by atoms with Crippen molar-refractivity contribution in [3.05, 3.63) is 28.0 Å². The summed E-state index contributed by atoms with van der Waals surface area (Å²) in [6.07, 6.45) is 3.55. The van der Waals surface area contributed by atoms with Gasteiger partial charge in [-0.1, -0.05) is 0 Å². The minimum absolute atomic E-state index is 0.263. The first-order valence-corrected chi connectivity index (χ1v) is 7.27. The Bertz CT molecular complexity index is 563. The van der Waals surface area contributed by atoms with Crippen LogP contribution < -0.4 is 10.5 Å². The average Bonchev–Trinajstić information content (AvgIpc) is 3.01. The molecule has 0 aliphatic carbocycles. The van der Waals surface area contributed by atoms with Crippen LogP contribution in [0.2, 0.25) is 0 Å². The molecule has 0 aliphatic heterocycles. The van der Waals surface area contributed by atoms with Gasteiger partial charge in [-0.15, -0.1) is 11.3 Å². The molecule has 0 amide bonds. The van der Waals surface area contributed by atoms with Gasteiger partial charge in [-0.2, -0.15) is 5.10 Å². The van der Waals surface area contributed by atoms with E-state index in [0.29, 0.717) is 0 Å². The fraction of sp³-hybridized carbons (Fsp3) is 0.538. The molecule has 20 heavy (non-hydrogen) atoms. The second kappa shape index (κ2) is 6.34. The number of ether oxygens (including phenoxy) is 1. The van der Waals surface area contributed by atoms with Crippen LogP contribution in [0, 0.1) is 6.92 Å². The Kier molecular flexibility index (Phi) is 4.74. The highest BCUT2D eigenvalue weighted by Crippen LogP contribution is 2.30. The predicted molar refractivity (Wildman–Crippen MR) is 80.2 cm³/mol. The molecular weight excluding hydrogens is 274 g/mol. The summed E-state index contributed by atoms with van der Waals surface area (Å²) in [5, 5.41) is 5.39. The topological polar surface area (TPSA) is 69.2 Å². The van der Waals surface area contributed by atoms with Crippen molar-refractivity contribution in [2.24, 2.45) is 5.73 Å². The average molecular weight is 295 g/mol. The molecule has 0 saturated heterocycles. The zero-order valence-electron chi connectivity index (χ0n) is 12.3. The fourth-order valence-corrected chi connectivity index (χ4v) is 2.77. The number of methoxy groups -OCH3 is 1. The van der Waals surface area contributed by atoms with Gasteiger partial charge in [0.2, 0.25) is 0 Å². The van der Waals surface area contributed by atoms with Crippen LogP contribution in [0.5, 0.6) is 5.75 Å². The first-order valence-electron chi connectivity index (χ1n) is 6.45. The Balaban J connectivity index is 2.30. The number of thiazole rings is 1. The third-order valence-electron chi connectivity index (χ3n) is 3.06. The Morgan fingerprint density at radius 1 is 1.45 bits per heavy atom. The summed E-state index contributed by atoms with van der Waals surface area (Å²) >= 11 is 1.60. The maximum absolute atomic E-state index is 6.37. The molecule has 0 bridgehead atoms. The number of nitrogens with zero attached hydrogens (tertiary/aromatic N) is 4. The molecule has 0 fully saturated rings. The molecule has 0 spiro atoms. The fourth-order valence-electron chi connectivity index (χ4n) is 1.98. The molecule has 0 radical (unpaired) electrons. The molecule has 1 unspecified atom stereocenters. The van der Waals surface area contributed by atoms with E-state index in [2.05, 4.69) is 15.0 Å². The molecule has 1 atom stereocenters. The normalized spacial score (nSPS) is 12.9. The standard InChI is InChI=1S/C13H21N5OS/c1-9-15-8-11(20-9)12(14)13-10(19-4)7-16-18(13)6-5-17(2)3/h7-8,12H,5-6,14H2,1-4H3. The molecule has 2 aromatic rings. The molecule has 6 nitrogen and oxygen atoms in total. The number of rotatable bonds is 6. The van der Waals surface area contributed by atoms with Crippen LogP contribution in [0.4, 0.5) is 0 Å². The third kappa shape index (κ3) is 3.17. The van der Waals surface area contributed by atoms with Gasteiger partial charge in [0.05, 0.1) is 30.9 Å². The SMILES string of the molecule is COc1cnn(CCN(C)C)c1C(N)c1cnc(C)s1. The highest BCUT2D eigenvalue weighted by molar-refractivity contribution is 7.11. The number of aryl methyl sites for hydroxylation is 1. The van der Waals surface area contributed by atoms with Crippen molar-refractivity contribution in [2.75, 3.05) is 27.7 Å². The van der Waals surface area contributed by atoms with Crippen LogP contribution in [0.25, 0.3) is 0 Å². The van der Waals surface area contributed by atoms with Crippen molar-refractivity contribution >= 4 is 11.3 Å². The van der Waals surface area contributed by atoms with Gasteiger partial charge in [-0.25, -0.2) is 4.98 Å². The van der Waals surface area contributed by atoms with Gasteiger partial charge < -0.3 is 15.4 Å². The molecular formula is C13H21N5OS. The van der Waals surface area contributed by atoms with Crippen LogP contribution in [-0.2, 0) is 6.54 Å². The zero-order valence-corrected chi connectivity index (χ0v) is 13.1. The summed E-state index contributed by atoms with van der Waals surface area (Å²) in [6.45, 7) is 3.64. The minimum Gasteiger partial charge on any atom is -0.493 e. The highest BCUT2D eigenvalue weighted by atomic mass is 32.1. The lowest BCUT2D eigenvalue weighted by Gasteiger charge is -2.16. The number of aromatic nitrogens is 3. The lowest BCUT2D eigenvalue weighted by Crippen LogP contribution is -2.23. The molecule has 110 valence electrons. The van der Waals surface area contributed by atoms with E-state index in [1.165, 1.54) is 0 Å². The molecule has 0 saturated carbocycles. The Hall–Kier alpha value is -1.44. The van der Waals surface area contributed by atoms with Crippen LogP contribution in [0.3, 0.4) is 0 Å². The van der Waals surface area contributed by atoms with Crippen LogP contribution in [-0.4, -0.2) is 47.4 Å². The van der Waals surface area contributed by atoms with Crippen molar-refractivity contribution in [3.8, 4) is 5.75 Å². The van der Waals surface area contributed by atoms with Gasteiger partial charge in [0.15, 0.2) is 5.75 Å². The summed E-state index contributed by atoms with van der Waals surface area (Å²) < 4.78 is 7.30. The van der Waals surface area contributed by atoms with E-state index >= 15 is 0 Å². The van der Waals surface area contributed by atoms with E-state index in [1.807, 2.05) is 31.9 Å². The zero-order chi connectivity index (χ0) is 14.7. The van der Waals surface area contributed by atoms with E-state index in [4.69, 9.17) is 10.5 Å². The maximum atomic E-state index is 6.37. The second-order valence-corrected chi connectivity index (χ2v) is 6.15. The molecule has 2 heterocycles. The highest BCUT2D eigenvalue weighted by Gasteiger charge is 2.22. The third-order valence-corrected chi connectivity index (χ3v) is 4.06. The first-order chi connectivity index (χ1) is 9.52. The van der Waals surface area contributed by atoms with Crippen molar-refractivity contribution in [1.29, 1.82) is 0 Å². The summed E-state index contributed by atoms with van der Waals surface area (Å²) in [5.41, 5.74) is 7.27.